The number of benzene rings is 1. The Morgan fingerprint density at radius 1 is 0.973 bits per heavy atom. The van der Waals surface area contributed by atoms with Gasteiger partial charge in [-0.1, -0.05) is 83.4 Å². The maximum absolute atomic E-state index is 13.3. The fourth-order valence-corrected chi connectivity index (χ4v) is 5.03. The smallest absolute Gasteiger partial charge is 0.299 e. The Balaban J connectivity index is 1.54. The molecule has 0 spiro atoms. The highest BCUT2D eigenvalue weighted by Gasteiger charge is 2.31. The fourth-order valence-electron chi connectivity index (χ4n) is 5.03. The van der Waals surface area contributed by atoms with Crippen molar-refractivity contribution in [1.82, 2.24) is 14.6 Å². The minimum absolute atomic E-state index is 0.0780. The quantitative estimate of drug-likeness (QED) is 0.179. The lowest BCUT2D eigenvalue weighted by Gasteiger charge is -2.19. The molecule has 0 amide bonds. The summed E-state index contributed by atoms with van der Waals surface area (Å²) >= 11 is 0. The summed E-state index contributed by atoms with van der Waals surface area (Å²) in [5.41, 5.74) is 1.70. The Morgan fingerprint density at radius 3 is 2.41 bits per heavy atom. The molecule has 0 bridgehead atoms. The Morgan fingerprint density at radius 2 is 1.68 bits per heavy atom. The molecule has 37 heavy (non-hydrogen) atoms. The summed E-state index contributed by atoms with van der Waals surface area (Å²) < 4.78 is 41.6. The van der Waals surface area contributed by atoms with E-state index in [-0.39, 0.29) is 17.6 Å². The summed E-state index contributed by atoms with van der Waals surface area (Å²) in [7, 11) is 0. The zero-order chi connectivity index (χ0) is 26.7. The maximum atomic E-state index is 13.3. The molecule has 0 aliphatic heterocycles. The molecule has 4 nitrogen and oxygen atoms in total. The van der Waals surface area contributed by atoms with Gasteiger partial charge in [0.25, 0.3) is 0 Å². The first-order chi connectivity index (χ1) is 17.8. The molecule has 202 valence electrons. The van der Waals surface area contributed by atoms with Crippen LogP contribution in [0.3, 0.4) is 0 Å². The minimum Gasteiger partial charge on any atom is -0.299 e. The van der Waals surface area contributed by atoms with Crippen LogP contribution in [0.1, 0.15) is 119 Å². The Bertz CT molecular complexity index is 1110. The topological polar surface area (TPSA) is 47.3 Å². The summed E-state index contributed by atoms with van der Waals surface area (Å²) in [6.45, 7) is 4.09. The number of Topliss-reactive ketones (excluding diaryl/α,β-unsaturated/α-hetero) is 1. The van der Waals surface area contributed by atoms with Crippen molar-refractivity contribution in [3.8, 4) is 0 Å². The van der Waals surface area contributed by atoms with Gasteiger partial charge < -0.3 is 0 Å². The lowest BCUT2D eigenvalue weighted by atomic mass is 9.87. The van der Waals surface area contributed by atoms with Crippen LogP contribution in [0.25, 0.3) is 5.65 Å². The number of alkyl halides is 3. The molecule has 2 heterocycles. The van der Waals surface area contributed by atoms with Crippen molar-refractivity contribution in [2.24, 2.45) is 0 Å². The molecule has 2 aromatic heterocycles. The van der Waals surface area contributed by atoms with Crippen molar-refractivity contribution in [2.75, 3.05) is 0 Å². The summed E-state index contributed by atoms with van der Waals surface area (Å²) in [4.78, 5) is 17.2. The van der Waals surface area contributed by atoms with E-state index < -0.39 is 11.7 Å². The zero-order valence-corrected chi connectivity index (χ0v) is 22.1. The number of fused-ring (bicyclic) bond motifs is 1. The molecule has 0 saturated carbocycles. The van der Waals surface area contributed by atoms with Gasteiger partial charge in [-0.25, -0.2) is 9.50 Å². The van der Waals surface area contributed by atoms with E-state index in [4.69, 9.17) is 0 Å². The van der Waals surface area contributed by atoms with Crippen molar-refractivity contribution >= 4 is 11.4 Å². The predicted molar refractivity (Wildman–Crippen MR) is 142 cm³/mol. The van der Waals surface area contributed by atoms with Crippen LogP contribution >= 0.6 is 0 Å². The Hall–Kier alpha value is -2.70. The molecule has 2 unspecified atom stereocenters. The number of hydrogen-bond acceptors (Lipinski definition) is 3. The van der Waals surface area contributed by atoms with Crippen molar-refractivity contribution in [3.05, 3.63) is 65.6 Å². The third-order valence-corrected chi connectivity index (χ3v) is 7.32. The summed E-state index contributed by atoms with van der Waals surface area (Å²) in [5, 5.41) is 4.28. The number of carbonyl (C=O) groups excluding carboxylic acids is 1. The van der Waals surface area contributed by atoms with E-state index >= 15 is 0 Å². The second kappa shape index (κ2) is 14.3. The van der Waals surface area contributed by atoms with Gasteiger partial charge in [0.05, 0.1) is 11.8 Å². The molecular formula is C30H40F3N3O. The van der Waals surface area contributed by atoms with Crippen LogP contribution in [0.5, 0.6) is 0 Å². The zero-order valence-electron chi connectivity index (χ0n) is 22.1. The lowest BCUT2D eigenvalue weighted by Crippen LogP contribution is -2.10. The molecular weight excluding hydrogens is 475 g/mol. The van der Waals surface area contributed by atoms with E-state index in [2.05, 4.69) is 17.0 Å². The van der Waals surface area contributed by atoms with Gasteiger partial charge in [-0.05, 0) is 42.9 Å². The van der Waals surface area contributed by atoms with Crippen LogP contribution in [-0.2, 0) is 11.0 Å². The number of aromatic nitrogens is 3. The van der Waals surface area contributed by atoms with Gasteiger partial charge in [0.1, 0.15) is 5.78 Å². The standard InChI is InChI=1S/C30H40F3N3O/c1-3-4-5-6-7-8-9-14-24(25-16-12-17-26(21-25)30(31,32)33)15-10-11-18-28(37)23(2)27-22-35-36-20-13-19-34-29(27)36/h12-13,16-17,19-24H,3-11,14-15,18H2,1-2H3. The molecule has 0 radical (unpaired) electrons. The summed E-state index contributed by atoms with van der Waals surface area (Å²) in [5.74, 6) is -0.0723. The third kappa shape index (κ3) is 8.68. The molecule has 3 rings (SSSR count). The van der Waals surface area contributed by atoms with E-state index in [1.165, 1.54) is 44.2 Å². The first-order valence-corrected chi connectivity index (χ1v) is 13.8. The van der Waals surface area contributed by atoms with Gasteiger partial charge in [-0.3, -0.25) is 4.79 Å². The van der Waals surface area contributed by atoms with Gasteiger partial charge in [0.2, 0.25) is 0 Å². The van der Waals surface area contributed by atoms with Crippen molar-refractivity contribution in [1.29, 1.82) is 0 Å². The van der Waals surface area contributed by atoms with Gasteiger partial charge >= 0.3 is 6.18 Å². The summed E-state index contributed by atoms with van der Waals surface area (Å²) in [6, 6.07) is 7.60. The van der Waals surface area contributed by atoms with E-state index in [1.807, 2.05) is 19.2 Å². The lowest BCUT2D eigenvalue weighted by molar-refractivity contribution is -0.137. The first kappa shape index (κ1) is 28.9. The monoisotopic (exact) mass is 515 g/mol. The highest BCUT2D eigenvalue weighted by Crippen LogP contribution is 2.34. The maximum Gasteiger partial charge on any atom is 0.416 e. The minimum atomic E-state index is -4.34. The SMILES string of the molecule is CCCCCCCCCC(CCCCC(=O)C(C)c1cnn2cccnc12)c1cccc(C(F)(F)F)c1. The van der Waals surface area contributed by atoms with E-state index in [9.17, 15) is 18.0 Å². The van der Waals surface area contributed by atoms with Crippen LogP contribution in [-0.4, -0.2) is 20.4 Å². The van der Waals surface area contributed by atoms with Crippen molar-refractivity contribution in [3.63, 3.8) is 0 Å². The highest BCUT2D eigenvalue weighted by molar-refractivity contribution is 5.86. The molecule has 0 aliphatic rings. The first-order valence-electron chi connectivity index (χ1n) is 13.8. The van der Waals surface area contributed by atoms with Crippen LogP contribution < -0.4 is 0 Å². The number of hydrogen-bond donors (Lipinski definition) is 0. The Labute approximate surface area is 218 Å². The normalized spacial score (nSPS) is 13.6. The molecule has 0 fully saturated rings. The third-order valence-electron chi connectivity index (χ3n) is 7.32. The number of nitrogens with zero attached hydrogens (tertiary/aromatic N) is 3. The molecule has 1 aromatic carbocycles. The molecule has 0 saturated heterocycles. The average molecular weight is 516 g/mol. The van der Waals surface area contributed by atoms with Gasteiger partial charge in [0.15, 0.2) is 5.65 Å². The van der Waals surface area contributed by atoms with E-state index in [0.29, 0.717) is 12.1 Å². The molecule has 0 N–H and O–H groups in total. The predicted octanol–water partition coefficient (Wildman–Crippen LogP) is 8.91. The summed E-state index contributed by atoms with van der Waals surface area (Å²) in [6.07, 6.45) is 12.8. The molecule has 0 aliphatic carbocycles. The Kier molecular flexibility index (Phi) is 11.2. The van der Waals surface area contributed by atoms with E-state index in [1.54, 1.807) is 23.0 Å². The number of unbranched alkanes of at least 4 members (excludes halogenated alkanes) is 7. The number of ketones is 1. The number of rotatable bonds is 16. The van der Waals surface area contributed by atoms with Crippen molar-refractivity contribution in [2.45, 2.75) is 109 Å². The van der Waals surface area contributed by atoms with Crippen LogP contribution in [0, 0.1) is 0 Å². The van der Waals surface area contributed by atoms with Gasteiger partial charge in [-0.2, -0.15) is 18.3 Å². The highest BCUT2D eigenvalue weighted by atomic mass is 19.4. The molecule has 2 atom stereocenters. The second-order valence-corrected chi connectivity index (χ2v) is 10.2. The molecule has 7 heteroatoms. The fraction of sp³-hybridized carbons (Fsp3) is 0.567. The average Bonchev–Trinajstić information content (AvgIpc) is 3.32. The van der Waals surface area contributed by atoms with Crippen molar-refractivity contribution < 1.29 is 18.0 Å². The van der Waals surface area contributed by atoms with Crippen LogP contribution in [0.2, 0.25) is 0 Å². The number of halogens is 3. The van der Waals surface area contributed by atoms with Gasteiger partial charge in [-0.15, -0.1) is 0 Å². The van der Waals surface area contributed by atoms with Gasteiger partial charge in [0, 0.05) is 30.3 Å². The van der Waals surface area contributed by atoms with Crippen LogP contribution in [0.15, 0.2) is 48.9 Å². The second-order valence-electron chi connectivity index (χ2n) is 10.2. The molecule has 3 aromatic rings. The van der Waals surface area contributed by atoms with Crippen LogP contribution in [0.4, 0.5) is 13.2 Å². The number of carbonyl (C=O) groups is 1. The largest absolute Gasteiger partial charge is 0.416 e. The van der Waals surface area contributed by atoms with E-state index in [0.717, 1.165) is 55.7 Å².